The lowest BCUT2D eigenvalue weighted by Gasteiger charge is -1.79. The van der Waals surface area contributed by atoms with Gasteiger partial charge < -0.3 is 4.74 Å². The summed E-state index contributed by atoms with van der Waals surface area (Å²) in [6.45, 7) is 0.236. The van der Waals surface area contributed by atoms with Gasteiger partial charge in [-0.2, -0.15) is 0 Å². The average Bonchev–Trinajstić information content (AvgIpc) is 2.24. The highest BCUT2D eigenvalue weighted by Crippen LogP contribution is 1.89. The van der Waals surface area contributed by atoms with Crippen molar-refractivity contribution in [3.63, 3.8) is 0 Å². The van der Waals surface area contributed by atoms with Crippen molar-refractivity contribution in [1.82, 2.24) is 0 Å². The number of hydrogen-bond donors (Lipinski definition) is 0. The van der Waals surface area contributed by atoms with E-state index in [0.29, 0.717) is 0 Å². The second-order valence-electron chi connectivity index (χ2n) is 1.08. The van der Waals surface area contributed by atoms with Gasteiger partial charge in [-0.3, -0.25) is 4.79 Å². The van der Waals surface area contributed by atoms with Crippen molar-refractivity contribution >= 4 is 21.7 Å². The predicted octanol–water partition coefficient (Wildman–Crippen LogP) is 1.11. The van der Waals surface area contributed by atoms with Crippen LogP contribution in [0.3, 0.4) is 0 Å². The Bertz CT molecular complexity index is 98.6. The maximum absolute atomic E-state index is 10.0. The lowest BCUT2D eigenvalue weighted by molar-refractivity contribution is -0.115. The Morgan fingerprint density at radius 1 is 1.75 bits per heavy atom. The smallest absolute Gasteiger partial charge is 0.196 e. The molecule has 0 saturated carbocycles. The first-order valence-corrected chi connectivity index (χ1v) is 3.67. The highest BCUT2D eigenvalue weighted by atomic mass is 79.9. The molecular formula is C5H7BrO2. The number of halogens is 1. The Kier molecular flexibility index (Phi) is 4.65. The Morgan fingerprint density at radius 3 is 2.50 bits per heavy atom. The molecule has 0 aliphatic carbocycles. The largest absolute Gasteiger partial charge is 0.493 e. The van der Waals surface area contributed by atoms with Gasteiger partial charge in [0, 0.05) is 6.08 Å². The zero-order valence-electron chi connectivity index (χ0n) is 4.56. The molecule has 0 aromatic heterocycles. The molecule has 0 fully saturated rings. The van der Waals surface area contributed by atoms with Crippen molar-refractivity contribution in [2.45, 2.75) is 0 Å². The van der Waals surface area contributed by atoms with Crippen LogP contribution in [0.5, 0.6) is 0 Å². The minimum atomic E-state index is 0.0509. The zero-order chi connectivity index (χ0) is 6.41. The van der Waals surface area contributed by atoms with Crippen molar-refractivity contribution in [3.05, 3.63) is 12.3 Å². The second kappa shape index (κ2) is 4.84. The number of ketones is 1. The van der Waals surface area contributed by atoms with E-state index in [9.17, 15) is 4.79 Å². The number of carbonyl (C=O) groups excluding carboxylic acids is 1. The van der Waals surface area contributed by atoms with Gasteiger partial charge in [-0.15, -0.1) is 0 Å². The van der Waals surface area contributed by atoms with Crippen LogP contribution in [0.25, 0.3) is 0 Å². The third-order valence-corrected chi connectivity index (χ3v) is 0.576. The fourth-order valence-electron chi connectivity index (χ4n) is 0.302. The molecule has 0 amide bonds. The van der Waals surface area contributed by atoms with Crippen LogP contribution in [0, 0.1) is 0 Å². The van der Waals surface area contributed by atoms with Gasteiger partial charge in [0.15, 0.2) is 5.78 Å². The summed E-state index contributed by atoms with van der Waals surface area (Å²) in [5, 5.41) is 0. The summed E-state index contributed by atoms with van der Waals surface area (Å²) >= 11 is 2.94. The van der Waals surface area contributed by atoms with E-state index in [1.54, 1.807) is 0 Å². The molecule has 3 heteroatoms. The van der Waals surface area contributed by atoms with E-state index in [1.807, 2.05) is 5.83 Å². The maximum Gasteiger partial charge on any atom is 0.196 e. The molecular weight excluding hydrogens is 172 g/mol. The van der Waals surface area contributed by atoms with Gasteiger partial charge in [-0.05, 0) is 5.83 Å². The fraction of sp³-hybridized carbons (Fsp3) is 0.400. The van der Waals surface area contributed by atoms with Gasteiger partial charge in [-0.1, -0.05) is 15.9 Å². The normalized spacial score (nSPS) is 14.5. The van der Waals surface area contributed by atoms with Gasteiger partial charge in [0.1, 0.15) is 6.61 Å². The standard InChI is InChI=1S/C4H4O2.CH3Br/c5-4-1-2-6-3-4;1-2/h1-2H,3H2;1H3. The van der Waals surface area contributed by atoms with E-state index < -0.39 is 0 Å². The fourth-order valence-corrected chi connectivity index (χ4v) is 0.302. The molecule has 1 aliphatic heterocycles. The molecule has 0 aromatic rings. The molecule has 46 valence electrons. The molecule has 0 aromatic carbocycles. The Labute approximate surface area is 56.7 Å². The van der Waals surface area contributed by atoms with Gasteiger partial charge in [0.05, 0.1) is 6.26 Å². The summed E-state index contributed by atoms with van der Waals surface area (Å²) in [4.78, 5) is 10.0. The summed E-state index contributed by atoms with van der Waals surface area (Å²) in [5.41, 5.74) is 0. The summed E-state index contributed by atoms with van der Waals surface area (Å²) < 4.78 is 4.53. The molecule has 0 spiro atoms. The number of carbonyl (C=O) groups is 1. The van der Waals surface area contributed by atoms with Crippen LogP contribution >= 0.6 is 15.9 Å². The van der Waals surface area contributed by atoms with E-state index in [2.05, 4.69) is 20.7 Å². The van der Waals surface area contributed by atoms with E-state index in [-0.39, 0.29) is 12.4 Å². The molecule has 0 unspecified atom stereocenters. The van der Waals surface area contributed by atoms with E-state index in [0.717, 1.165) is 0 Å². The Balaban J connectivity index is 0.000000222. The Hall–Kier alpha value is -0.310. The van der Waals surface area contributed by atoms with Crippen LogP contribution < -0.4 is 0 Å². The van der Waals surface area contributed by atoms with Gasteiger partial charge in [-0.25, -0.2) is 0 Å². The summed E-state index contributed by atoms with van der Waals surface area (Å²) in [6.07, 6.45) is 2.82. The number of hydrogen-bond acceptors (Lipinski definition) is 2. The third-order valence-electron chi connectivity index (χ3n) is 0.576. The Morgan fingerprint density at radius 2 is 2.38 bits per heavy atom. The average molecular weight is 179 g/mol. The molecule has 1 heterocycles. The molecule has 0 radical (unpaired) electrons. The minimum Gasteiger partial charge on any atom is -0.493 e. The first kappa shape index (κ1) is 7.69. The van der Waals surface area contributed by atoms with Crippen LogP contribution in [0.2, 0.25) is 0 Å². The summed E-state index contributed by atoms with van der Waals surface area (Å²) in [7, 11) is 0. The highest BCUT2D eigenvalue weighted by molar-refractivity contribution is 9.08. The van der Waals surface area contributed by atoms with E-state index >= 15 is 0 Å². The monoisotopic (exact) mass is 178 g/mol. The number of ether oxygens (including phenoxy) is 1. The summed E-state index contributed by atoms with van der Waals surface area (Å²) in [6, 6.07) is 0. The molecule has 1 rings (SSSR count). The quantitative estimate of drug-likeness (QED) is 0.520. The lowest BCUT2D eigenvalue weighted by Crippen LogP contribution is -1.91. The highest BCUT2D eigenvalue weighted by Gasteiger charge is 1.99. The first-order valence-electron chi connectivity index (χ1n) is 2.08. The van der Waals surface area contributed by atoms with E-state index in [4.69, 9.17) is 0 Å². The second-order valence-corrected chi connectivity index (χ2v) is 1.08. The first-order chi connectivity index (χ1) is 3.89. The van der Waals surface area contributed by atoms with Gasteiger partial charge >= 0.3 is 0 Å². The maximum atomic E-state index is 10.0. The van der Waals surface area contributed by atoms with Crippen LogP contribution in [-0.4, -0.2) is 18.2 Å². The van der Waals surface area contributed by atoms with Crippen molar-refractivity contribution in [3.8, 4) is 0 Å². The predicted molar refractivity (Wildman–Crippen MR) is 34.9 cm³/mol. The molecule has 0 saturated heterocycles. The van der Waals surface area contributed by atoms with Gasteiger partial charge in [0.25, 0.3) is 0 Å². The molecule has 1 aliphatic rings. The number of alkyl halides is 1. The minimum absolute atomic E-state index is 0.0509. The van der Waals surface area contributed by atoms with E-state index in [1.165, 1.54) is 12.3 Å². The molecule has 8 heavy (non-hydrogen) atoms. The van der Waals surface area contributed by atoms with Gasteiger partial charge in [0.2, 0.25) is 0 Å². The topological polar surface area (TPSA) is 26.3 Å². The zero-order valence-corrected chi connectivity index (χ0v) is 6.14. The van der Waals surface area contributed by atoms with Crippen LogP contribution in [-0.2, 0) is 9.53 Å². The van der Waals surface area contributed by atoms with Crippen molar-refractivity contribution < 1.29 is 9.53 Å². The van der Waals surface area contributed by atoms with Crippen molar-refractivity contribution in [1.29, 1.82) is 0 Å². The van der Waals surface area contributed by atoms with Crippen molar-refractivity contribution in [2.75, 3.05) is 12.4 Å². The molecule has 0 atom stereocenters. The number of rotatable bonds is 0. The summed E-state index contributed by atoms with van der Waals surface area (Å²) in [5.74, 6) is 1.86. The molecule has 2 nitrogen and oxygen atoms in total. The van der Waals surface area contributed by atoms with Crippen molar-refractivity contribution in [2.24, 2.45) is 0 Å². The van der Waals surface area contributed by atoms with Crippen LogP contribution in [0.1, 0.15) is 0 Å². The molecule has 0 N–H and O–H groups in total. The van der Waals surface area contributed by atoms with Crippen LogP contribution in [0.4, 0.5) is 0 Å². The SMILES string of the molecule is CBr.O=C1C=COC1. The molecule has 0 bridgehead atoms. The lowest BCUT2D eigenvalue weighted by atomic mass is 10.5. The van der Waals surface area contributed by atoms with Crippen LogP contribution in [0.15, 0.2) is 12.3 Å². The third kappa shape index (κ3) is 2.80.